The molecule has 2 N–H and O–H groups in total. The molecule has 0 saturated carbocycles. The van der Waals surface area contributed by atoms with Crippen molar-refractivity contribution in [3.8, 4) is 0 Å². The van der Waals surface area contributed by atoms with Gasteiger partial charge in [0, 0.05) is 13.1 Å². The molecule has 0 aromatic carbocycles. The second-order valence-electron chi connectivity index (χ2n) is 5.55. The van der Waals surface area contributed by atoms with Gasteiger partial charge in [0.2, 0.25) is 0 Å². The molecule has 1 aromatic heterocycles. The van der Waals surface area contributed by atoms with E-state index in [1.165, 1.54) is 6.42 Å². The maximum Gasteiger partial charge on any atom is 0.128 e. The zero-order valence-corrected chi connectivity index (χ0v) is 11.1. The SMILES string of the molecule is CC(C)C(C)C1CCN(c2ccc(N)cn2)C1. The average molecular weight is 233 g/mol. The van der Waals surface area contributed by atoms with Crippen LogP contribution in [0.5, 0.6) is 0 Å². The number of aromatic nitrogens is 1. The molecule has 0 aliphatic carbocycles. The first kappa shape index (κ1) is 12.2. The third kappa shape index (κ3) is 2.71. The molecule has 0 radical (unpaired) electrons. The van der Waals surface area contributed by atoms with Crippen LogP contribution >= 0.6 is 0 Å². The number of anilines is 2. The molecule has 94 valence electrons. The minimum absolute atomic E-state index is 0.736. The fourth-order valence-corrected chi connectivity index (χ4v) is 2.55. The lowest BCUT2D eigenvalue weighted by atomic mass is 9.84. The van der Waals surface area contributed by atoms with Crippen molar-refractivity contribution in [2.45, 2.75) is 27.2 Å². The van der Waals surface area contributed by atoms with Crippen LogP contribution in [-0.4, -0.2) is 18.1 Å². The summed E-state index contributed by atoms with van der Waals surface area (Å²) in [5, 5.41) is 0. The Labute approximate surface area is 104 Å². The fraction of sp³-hybridized carbons (Fsp3) is 0.643. The highest BCUT2D eigenvalue weighted by Crippen LogP contribution is 2.31. The van der Waals surface area contributed by atoms with E-state index in [-0.39, 0.29) is 0 Å². The van der Waals surface area contributed by atoms with Crippen LogP contribution in [0.4, 0.5) is 11.5 Å². The fourth-order valence-electron chi connectivity index (χ4n) is 2.55. The average Bonchev–Trinajstić information content (AvgIpc) is 2.78. The van der Waals surface area contributed by atoms with Crippen molar-refractivity contribution in [3.05, 3.63) is 18.3 Å². The summed E-state index contributed by atoms with van der Waals surface area (Å²) in [5.41, 5.74) is 6.40. The molecule has 2 atom stereocenters. The number of pyridine rings is 1. The standard InChI is InChI=1S/C14H23N3/c1-10(2)11(3)12-6-7-17(9-12)14-5-4-13(15)8-16-14/h4-5,8,10-12H,6-7,9,15H2,1-3H3. The van der Waals surface area contributed by atoms with Crippen molar-refractivity contribution >= 4 is 11.5 Å². The Morgan fingerprint density at radius 2 is 2.12 bits per heavy atom. The molecule has 1 fully saturated rings. The summed E-state index contributed by atoms with van der Waals surface area (Å²) in [6.07, 6.45) is 3.03. The van der Waals surface area contributed by atoms with Gasteiger partial charge in [0.25, 0.3) is 0 Å². The van der Waals surface area contributed by atoms with E-state index in [0.29, 0.717) is 0 Å². The summed E-state index contributed by atoms with van der Waals surface area (Å²) in [4.78, 5) is 6.78. The number of rotatable bonds is 3. The third-order valence-corrected chi connectivity index (χ3v) is 4.11. The third-order valence-electron chi connectivity index (χ3n) is 4.11. The van der Waals surface area contributed by atoms with Crippen molar-refractivity contribution in [1.29, 1.82) is 0 Å². The topological polar surface area (TPSA) is 42.1 Å². The molecule has 1 saturated heterocycles. The van der Waals surface area contributed by atoms with Crippen LogP contribution in [-0.2, 0) is 0 Å². The Bertz CT molecular complexity index is 358. The van der Waals surface area contributed by atoms with E-state index in [1.807, 2.05) is 12.1 Å². The Morgan fingerprint density at radius 1 is 1.35 bits per heavy atom. The largest absolute Gasteiger partial charge is 0.397 e. The van der Waals surface area contributed by atoms with Crippen molar-refractivity contribution in [2.75, 3.05) is 23.7 Å². The molecular weight excluding hydrogens is 210 g/mol. The van der Waals surface area contributed by atoms with Gasteiger partial charge in [0.1, 0.15) is 5.82 Å². The number of hydrogen-bond acceptors (Lipinski definition) is 3. The van der Waals surface area contributed by atoms with E-state index < -0.39 is 0 Å². The van der Waals surface area contributed by atoms with Crippen LogP contribution in [0.15, 0.2) is 18.3 Å². The molecule has 1 aliphatic heterocycles. The van der Waals surface area contributed by atoms with E-state index in [4.69, 9.17) is 5.73 Å². The van der Waals surface area contributed by atoms with Gasteiger partial charge in [-0.05, 0) is 36.3 Å². The second kappa shape index (κ2) is 4.94. The minimum Gasteiger partial charge on any atom is -0.397 e. The zero-order valence-electron chi connectivity index (χ0n) is 11.1. The lowest BCUT2D eigenvalue weighted by Gasteiger charge is -2.23. The van der Waals surface area contributed by atoms with Gasteiger partial charge in [-0.1, -0.05) is 20.8 Å². The Kier molecular flexibility index (Phi) is 3.55. The smallest absolute Gasteiger partial charge is 0.128 e. The van der Waals surface area contributed by atoms with Gasteiger partial charge in [-0.3, -0.25) is 0 Å². The summed E-state index contributed by atoms with van der Waals surface area (Å²) in [6.45, 7) is 9.26. The van der Waals surface area contributed by atoms with Crippen LogP contribution < -0.4 is 10.6 Å². The molecule has 2 heterocycles. The number of nitrogens with two attached hydrogens (primary N) is 1. The summed E-state index contributed by atoms with van der Waals surface area (Å²) in [7, 11) is 0. The van der Waals surface area contributed by atoms with Crippen LogP contribution in [0.25, 0.3) is 0 Å². The Morgan fingerprint density at radius 3 is 2.71 bits per heavy atom. The predicted octanol–water partition coefficient (Wildman–Crippen LogP) is 2.78. The summed E-state index contributed by atoms with van der Waals surface area (Å²) in [5.74, 6) is 3.42. The second-order valence-corrected chi connectivity index (χ2v) is 5.55. The van der Waals surface area contributed by atoms with Gasteiger partial charge in [-0.15, -0.1) is 0 Å². The quantitative estimate of drug-likeness (QED) is 0.873. The molecule has 0 amide bonds. The van der Waals surface area contributed by atoms with Gasteiger partial charge in [-0.25, -0.2) is 4.98 Å². The number of hydrogen-bond donors (Lipinski definition) is 1. The van der Waals surface area contributed by atoms with Gasteiger partial charge in [0.05, 0.1) is 11.9 Å². The zero-order chi connectivity index (χ0) is 12.4. The van der Waals surface area contributed by atoms with E-state index in [0.717, 1.165) is 42.3 Å². The molecule has 2 rings (SSSR count). The van der Waals surface area contributed by atoms with E-state index in [2.05, 4.69) is 30.7 Å². The first-order chi connectivity index (χ1) is 8.08. The molecule has 1 aromatic rings. The first-order valence-electron chi connectivity index (χ1n) is 6.54. The highest BCUT2D eigenvalue weighted by Gasteiger charge is 2.28. The summed E-state index contributed by atoms with van der Waals surface area (Å²) in [6, 6.07) is 3.96. The first-order valence-corrected chi connectivity index (χ1v) is 6.54. The lowest BCUT2D eigenvalue weighted by Crippen LogP contribution is -2.24. The predicted molar refractivity (Wildman–Crippen MR) is 73.0 cm³/mol. The lowest BCUT2D eigenvalue weighted by molar-refractivity contribution is 0.298. The molecule has 0 bridgehead atoms. The molecule has 2 unspecified atom stereocenters. The normalized spacial score (nSPS) is 22.1. The van der Waals surface area contributed by atoms with Crippen molar-refractivity contribution in [1.82, 2.24) is 4.98 Å². The van der Waals surface area contributed by atoms with E-state index in [1.54, 1.807) is 6.20 Å². The molecule has 3 heteroatoms. The van der Waals surface area contributed by atoms with Gasteiger partial charge >= 0.3 is 0 Å². The van der Waals surface area contributed by atoms with Crippen molar-refractivity contribution in [2.24, 2.45) is 17.8 Å². The maximum atomic E-state index is 5.66. The molecule has 1 aliphatic rings. The number of nitrogens with zero attached hydrogens (tertiary/aromatic N) is 2. The van der Waals surface area contributed by atoms with Crippen molar-refractivity contribution < 1.29 is 0 Å². The van der Waals surface area contributed by atoms with E-state index in [9.17, 15) is 0 Å². The summed E-state index contributed by atoms with van der Waals surface area (Å²) >= 11 is 0. The highest BCUT2D eigenvalue weighted by molar-refractivity contribution is 5.46. The summed E-state index contributed by atoms with van der Waals surface area (Å²) < 4.78 is 0. The van der Waals surface area contributed by atoms with Crippen LogP contribution in [0.3, 0.4) is 0 Å². The van der Waals surface area contributed by atoms with Crippen molar-refractivity contribution in [3.63, 3.8) is 0 Å². The van der Waals surface area contributed by atoms with Gasteiger partial charge < -0.3 is 10.6 Å². The molecule has 17 heavy (non-hydrogen) atoms. The Balaban J connectivity index is 2.00. The van der Waals surface area contributed by atoms with Crippen LogP contribution in [0, 0.1) is 17.8 Å². The highest BCUT2D eigenvalue weighted by atomic mass is 15.2. The number of nitrogen functional groups attached to an aromatic ring is 1. The monoisotopic (exact) mass is 233 g/mol. The maximum absolute atomic E-state index is 5.66. The molecular formula is C14H23N3. The minimum atomic E-state index is 0.736. The van der Waals surface area contributed by atoms with E-state index >= 15 is 0 Å². The van der Waals surface area contributed by atoms with Crippen LogP contribution in [0.1, 0.15) is 27.2 Å². The molecule has 0 spiro atoms. The van der Waals surface area contributed by atoms with Crippen LogP contribution in [0.2, 0.25) is 0 Å². The van der Waals surface area contributed by atoms with Gasteiger partial charge in [-0.2, -0.15) is 0 Å². The molecule has 3 nitrogen and oxygen atoms in total. The Hall–Kier alpha value is -1.25. The van der Waals surface area contributed by atoms with Gasteiger partial charge in [0.15, 0.2) is 0 Å².